The highest BCUT2D eigenvalue weighted by atomic mass is 35.5. The van der Waals surface area contributed by atoms with Crippen LogP contribution in [-0.4, -0.2) is 58.2 Å². The number of halogens is 1. The van der Waals surface area contributed by atoms with E-state index in [0.29, 0.717) is 13.1 Å². The molecule has 146 valence electrons. The molecule has 1 N–H and O–H groups in total. The van der Waals surface area contributed by atoms with Crippen LogP contribution in [0.4, 0.5) is 0 Å². The quantitative estimate of drug-likeness (QED) is 0.720. The fourth-order valence-corrected chi connectivity index (χ4v) is 5.37. The zero-order valence-electron chi connectivity index (χ0n) is 14.6. The monoisotopic (exact) mass is 422 g/mol. The van der Waals surface area contributed by atoms with Gasteiger partial charge in [-0.15, -0.1) is 0 Å². The molecule has 7 nitrogen and oxygen atoms in total. The molecule has 0 aliphatic carbocycles. The number of nitrogens with one attached hydrogen (secondary N) is 1. The average molecular weight is 423 g/mol. The van der Waals surface area contributed by atoms with Crippen molar-refractivity contribution in [1.29, 1.82) is 0 Å². The zero-order chi connectivity index (χ0) is 19.4. The third kappa shape index (κ3) is 5.18. The number of rotatable bonds is 7. The second-order valence-corrected chi connectivity index (χ2v) is 10.9. The van der Waals surface area contributed by atoms with E-state index in [-0.39, 0.29) is 33.5 Å². The topological polar surface area (TPSA) is 101 Å². The minimum Gasteiger partial charge on any atom is -0.351 e. The number of nitrogens with zero attached hydrogens (tertiary/aromatic N) is 1. The molecule has 0 atom stereocenters. The molecule has 1 aliphatic rings. The van der Waals surface area contributed by atoms with Crippen LogP contribution in [0.3, 0.4) is 0 Å². The largest absolute Gasteiger partial charge is 0.351 e. The fourth-order valence-electron chi connectivity index (χ4n) is 2.65. The van der Waals surface area contributed by atoms with Crippen molar-refractivity contribution in [2.45, 2.75) is 31.1 Å². The molecule has 0 spiro atoms. The van der Waals surface area contributed by atoms with Gasteiger partial charge >= 0.3 is 0 Å². The maximum absolute atomic E-state index is 12.8. The van der Waals surface area contributed by atoms with Gasteiger partial charge in [0.15, 0.2) is 9.84 Å². The Labute approximate surface area is 159 Å². The van der Waals surface area contributed by atoms with Crippen LogP contribution >= 0.6 is 11.6 Å². The predicted molar refractivity (Wildman–Crippen MR) is 101 cm³/mol. The molecule has 26 heavy (non-hydrogen) atoms. The van der Waals surface area contributed by atoms with Crippen molar-refractivity contribution in [2.24, 2.45) is 0 Å². The number of benzene rings is 1. The minimum absolute atomic E-state index is 0.00203. The van der Waals surface area contributed by atoms with Gasteiger partial charge in [-0.05, 0) is 31.0 Å². The van der Waals surface area contributed by atoms with Crippen LogP contribution in [0.5, 0.6) is 0 Å². The van der Waals surface area contributed by atoms with Gasteiger partial charge in [0, 0.05) is 31.0 Å². The normalized spacial score (nSPS) is 16.4. The molecule has 0 unspecified atom stereocenters. The first-order valence-corrected chi connectivity index (χ1v) is 12.1. The Balaban J connectivity index is 2.17. The molecular formula is C16H23ClN2O5S2. The third-order valence-corrected chi connectivity index (χ3v) is 8.35. The number of sulfone groups is 1. The van der Waals surface area contributed by atoms with Crippen LogP contribution in [0.25, 0.3) is 0 Å². The number of amides is 1. The van der Waals surface area contributed by atoms with Gasteiger partial charge in [-0.25, -0.2) is 16.8 Å². The summed E-state index contributed by atoms with van der Waals surface area (Å²) < 4.78 is 49.9. The second-order valence-electron chi connectivity index (χ2n) is 6.10. The van der Waals surface area contributed by atoms with Crippen LogP contribution in [0.1, 0.15) is 36.5 Å². The second kappa shape index (κ2) is 8.69. The van der Waals surface area contributed by atoms with Crippen LogP contribution < -0.4 is 5.32 Å². The van der Waals surface area contributed by atoms with Crippen molar-refractivity contribution in [3.05, 3.63) is 28.8 Å². The molecule has 1 amide bonds. The summed E-state index contributed by atoms with van der Waals surface area (Å²) in [6.45, 7) is 2.37. The summed E-state index contributed by atoms with van der Waals surface area (Å²) >= 11 is 6.07. The lowest BCUT2D eigenvalue weighted by molar-refractivity contribution is 0.0956. The van der Waals surface area contributed by atoms with Crippen molar-refractivity contribution >= 4 is 37.4 Å². The number of carbonyl (C=O) groups is 1. The molecular weight excluding hydrogens is 400 g/mol. The van der Waals surface area contributed by atoms with Crippen LogP contribution in [0, 0.1) is 0 Å². The van der Waals surface area contributed by atoms with Gasteiger partial charge in [0.25, 0.3) is 5.91 Å². The Bertz CT molecular complexity index is 863. The van der Waals surface area contributed by atoms with Gasteiger partial charge in [0.1, 0.15) is 4.90 Å². The lowest BCUT2D eigenvalue weighted by Crippen LogP contribution is -2.36. The highest BCUT2D eigenvalue weighted by Crippen LogP contribution is 2.27. The molecule has 2 rings (SSSR count). The van der Waals surface area contributed by atoms with Crippen molar-refractivity contribution in [3.8, 4) is 0 Å². The Morgan fingerprint density at radius 1 is 1.15 bits per heavy atom. The lowest BCUT2D eigenvalue weighted by Gasteiger charge is -2.26. The smallest absolute Gasteiger partial charge is 0.251 e. The summed E-state index contributed by atoms with van der Waals surface area (Å²) in [7, 11) is -6.96. The van der Waals surface area contributed by atoms with Gasteiger partial charge < -0.3 is 5.32 Å². The van der Waals surface area contributed by atoms with E-state index in [4.69, 9.17) is 11.6 Å². The van der Waals surface area contributed by atoms with E-state index < -0.39 is 25.8 Å². The van der Waals surface area contributed by atoms with Gasteiger partial charge in [0.05, 0.1) is 10.8 Å². The van der Waals surface area contributed by atoms with E-state index in [9.17, 15) is 21.6 Å². The van der Waals surface area contributed by atoms with Gasteiger partial charge in [-0.2, -0.15) is 4.31 Å². The molecule has 0 radical (unpaired) electrons. The van der Waals surface area contributed by atoms with Crippen molar-refractivity contribution in [3.63, 3.8) is 0 Å². The van der Waals surface area contributed by atoms with E-state index in [1.54, 1.807) is 0 Å². The predicted octanol–water partition coefficient (Wildman–Crippen LogP) is 1.68. The SMILES string of the molecule is CCS(=O)(=O)CCNC(=O)c1ccc(Cl)c(S(=O)(=O)N2CCCCC2)c1. The molecule has 1 saturated heterocycles. The van der Waals surface area contributed by atoms with Gasteiger partial charge in [-0.1, -0.05) is 24.9 Å². The molecule has 0 saturated carbocycles. The highest BCUT2D eigenvalue weighted by Gasteiger charge is 2.28. The first-order chi connectivity index (χ1) is 12.2. The molecule has 0 aromatic heterocycles. The number of piperidine rings is 1. The van der Waals surface area contributed by atoms with Gasteiger partial charge in [-0.3, -0.25) is 4.79 Å². The van der Waals surface area contributed by atoms with Crippen molar-refractivity contribution in [2.75, 3.05) is 31.1 Å². The van der Waals surface area contributed by atoms with Crippen molar-refractivity contribution in [1.82, 2.24) is 9.62 Å². The number of hydrogen-bond acceptors (Lipinski definition) is 5. The standard InChI is InChI=1S/C16H23ClN2O5S2/c1-2-25(21,22)11-8-18-16(20)13-6-7-14(17)15(12-13)26(23,24)19-9-4-3-5-10-19/h6-7,12H,2-5,8-11H2,1H3,(H,18,20). The maximum Gasteiger partial charge on any atom is 0.251 e. The third-order valence-electron chi connectivity index (χ3n) is 4.26. The first kappa shape index (κ1) is 21.1. The van der Waals surface area contributed by atoms with E-state index in [1.807, 2.05) is 0 Å². The lowest BCUT2D eigenvalue weighted by atomic mass is 10.2. The van der Waals surface area contributed by atoms with E-state index in [2.05, 4.69) is 5.32 Å². The Morgan fingerprint density at radius 3 is 2.42 bits per heavy atom. The number of carbonyl (C=O) groups excluding carboxylic acids is 1. The summed E-state index contributed by atoms with van der Waals surface area (Å²) in [4.78, 5) is 12.1. The average Bonchev–Trinajstić information content (AvgIpc) is 2.62. The Morgan fingerprint density at radius 2 is 1.81 bits per heavy atom. The fraction of sp³-hybridized carbons (Fsp3) is 0.562. The summed E-state index contributed by atoms with van der Waals surface area (Å²) in [6, 6.07) is 4.03. The Kier molecular flexibility index (Phi) is 7.06. The summed E-state index contributed by atoms with van der Waals surface area (Å²) in [5.74, 6) is -0.702. The van der Waals surface area contributed by atoms with E-state index in [0.717, 1.165) is 19.3 Å². The van der Waals surface area contributed by atoms with Crippen molar-refractivity contribution < 1.29 is 21.6 Å². The Hall–Kier alpha value is -1.16. The summed E-state index contributed by atoms with van der Waals surface area (Å²) in [6.07, 6.45) is 2.58. The first-order valence-electron chi connectivity index (χ1n) is 8.45. The van der Waals surface area contributed by atoms with E-state index >= 15 is 0 Å². The number of sulfonamides is 1. The minimum atomic E-state index is -3.77. The summed E-state index contributed by atoms with van der Waals surface area (Å²) in [5.41, 5.74) is 0.124. The zero-order valence-corrected chi connectivity index (χ0v) is 17.0. The maximum atomic E-state index is 12.8. The molecule has 1 aromatic rings. The molecule has 1 aromatic carbocycles. The van der Waals surface area contributed by atoms with Crippen LogP contribution in [0.15, 0.2) is 23.1 Å². The van der Waals surface area contributed by atoms with Crippen LogP contribution in [-0.2, 0) is 19.9 Å². The van der Waals surface area contributed by atoms with Gasteiger partial charge in [0.2, 0.25) is 10.0 Å². The summed E-state index contributed by atoms with van der Waals surface area (Å²) in [5, 5.41) is 2.55. The molecule has 1 aliphatic heterocycles. The van der Waals surface area contributed by atoms with E-state index in [1.165, 1.54) is 29.4 Å². The van der Waals surface area contributed by atoms with Crippen LogP contribution in [0.2, 0.25) is 5.02 Å². The molecule has 1 heterocycles. The highest BCUT2D eigenvalue weighted by molar-refractivity contribution is 7.91. The molecule has 0 bridgehead atoms. The molecule has 10 heteroatoms. The number of hydrogen-bond donors (Lipinski definition) is 1. The molecule has 1 fully saturated rings.